The second kappa shape index (κ2) is 5.35. The van der Waals surface area contributed by atoms with E-state index in [0.29, 0.717) is 13.0 Å². The van der Waals surface area contributed by atoms with Crippen LogP contribution in [0.25, 0.3) is 0 Å². The molecule has 2 nitrogen and oxygen atoms in total. The molecule has 20 heavy (non-hydrogen) atoms. The van der Waals surface area contributed by atoms with Crippen molar-refractivity contribution in [2.45, 2.75) is 17.9 Å². The standard InChI is InChI=1S/C17H18FNO/c18-15-8-4-7-14(11-15)16(13-5-2-1-3-6-13)17(20)9-10-19-12-17/h1-8,11,16,19-20H,9-10,12H2. The zero-order chi connectivity index (χ0) is 14.0. The fraction of sp³-hybridized carbons (Fsp3) is 0.294. The molecule has 0 saturated carbocycles. The van der Waals surface area contributed by atoms with Crippen LogP contribution in [0.15, 0.2) is 54.6 Å². The number of aliphatic hydroxyl groups is 1. The average Bonchev–Trinajstić information content (AvgIpc) is 2.88. The van der Waals surface area contributed by atoms with Crippen molar-refractivity contribution in [2.75, 3.05) is 13.1 Å². The van der Waals surface area contributed by atoms with Crippen LogP contribution in [0.2, 0.25) is 0 Å². The Morgan fingerprint density at radius 1 is 1.05 bits per heavy atom. The van der Waals surface area contributed by atoms with E-state index in [0.717, 1.165) is 17.7 Å². The molecule has 1 aliphatic heterocycles. The Morgan fingerprint density at radius 3 is 2.45 bits per heavy atom. The zero-order valence-electron chi connectivity index (χ0n) is 11.2. The van der Waals surface area contributed by atoms with E-state index in [4.69, 9.17) is 0 Å². The Morgan fingerprint density at radius 2 is 1.80 bits per heavy atom. The summed E-state index contributed by atoms with van der Waals surface area (Å²) in [6, 6.07) is 16.4. The van der Waals surface area contributed by atoms with E-state index >= 15 is 0 Å². The van der Waals surface area contributed by atoms with Crippen molar-refractivity contribution in [3.05, 3.63) is 71.5 Å². The minimum absolute atomic E-state index is 0.214. The number of hydrogen-bond acceptors (Lipinski definition) is 2. The maximum atomic E-state index is 13.6. The van der Waals surface area contributed by atoms with Gasteiger partial charge in [0.2, 0.25) is 0 Å². The topological polar surface area (TPSA) is 32.3 Å². The van der Waals surface area contributed by atoms with Gasteiger partial charge in [-0.15, -0.1) is 0 Å². The smallest absolute Gasteiger partial charge is 0.123 e. The molecule has 2 atom stereocenters. The summed E-state index contributed by atoms with van der Waals surface area (Å²) >= 11 is 0. The van der Waals surface area contributed by atoms with Gasteiger partial charge in [-0.1, -0.05) is 42.5 Å². The van der Waals surface area contributed by atoms with Gasteiger partial charge >= 0.3 is 0 Å². The first kappa shape index (κ1) is 13.3. The van der Waals surface area contributed by atoms with Crippen molar-refractivity contribution in [1.82, 2.24) is 5.32 Å². The van der Waals surface area contributed by atoms with Gasteiger partial charge in [0.15, 0.2) is 0 Å². The summed E-state index contributed by atoms with van der Waals surface area (Å²) in [4.78, 5) is 0. The molecule has 0 aliphatic carbocycles. The Balaban J connectivity index is 2.08. The van der Waals surface area contributed by atoms with E-state index in [1.807, 2.05) is 36.4 Å². The second-order valence-electron chi connectivity index (χ2n) is 5.43. The molecule has 1 aliphatic rings. The highest BCUT2D eigenvalue weighted by atomic mass is 19.1. The first-order chi connectivity index (χ1) is 9.69. The number of hydrogen-bond donors (Lipinski definition) is 2. The molecule has 104 valence electrons. The molecule has 0 amide bonds. The molecule has 0 aromatic heterocycles. The highest BCUT2D eigenvalue weighted by molar-refractivity contribution is 5.37. The molecule has 1 fully saturated rings. The molecule has 0 bridgehead atoms. The lowest BCUT2D eigenvalue weighted by molar-refractivity contribution is 0.0441. The monoisotopic (exact) mass is 271 g/mol. The van der Waals surface area contributed by atoms with Crippen molar-refractivity contribution in [2.24, 2.45) is 0 Å². The second-order valence-corrected chi connectivity index (χ2v) is 5.43. The number of halogens is 1. The van der Waals surface area contributed by atoms with Gasteiger partial charge in [-0.3, -0.25) is 0 Å². The molecule has 2 unspecified atom stereocenters. The third-order valence-electron chi connectivity index (χ3n) is 4.02. The van der Waals surface area contributed by atoms with E-state index in [2.05, 4.69) is 5.32 Å². The summed E-state index contributed by atoms with van der Waals surface area (Å²) in [7, 11) is 0. The minimum atomic E-state index is -0.866. The first-order valence-corrected chi connectivity index (χ1v) is 6.92. The highest BCUT2D eigenvalue weighted by Crippen LogP contribution is 2.38. The maximum absolute atomic E-state index is 13.6. The summed E-state index contributed by atoms with van der Waals surface area (Å²) in [5, 5.41) is 14.2. The molecular weight excluding hydrogens is 253 g/mol. The van der Waals surface area contributed by atoms with Crippen molar-refractivity contribution in [3.63, 3.8) is 0 Å². The van der Waals surface area contributed by atoms with Gasteiger partial charge in [0.1, 0.15) is 5.82 Å². The van der Waals surface area contributed by atoms with Crippen LogP contribution < -0.4 is 5.32 Å². The maximum Gasteiger partial charge on any atom is 0.123 e. The van der Waals surface area contributed by atoms with Gasteiger partial charge in [0.05, 0.1) is 5.60 Å². The van der Waals surface area contributed by atoms with Gasteiger partial charge in [-0.2, -0.15) is 0 Å². The number of β-amino-alcohol motifs (C(OH)–C–C–N with tert-alkyl or cyclic N) is 1. The molecule has 1 heterocycles. The largest absolute Gasteiger partial charge is 0.388 e. The fourth-order valence-electron chi connectivity index (χ4n) is 3.09. The summed E-state index contributed by atoms with van der Waals surface area (Å²) in [5.74, 6) is -0.479. The summed E-state index contributed by atoms with van der Waals surface area (Å²) in [5.41, 5.74) is 0.974. The SMILES string of the molecule is OC1(C(c2ccccc2)c2cccc(F)c2)CCNC1. The molecule has 1 saturated heterocycles. The van der Waals surface area contributed by atoms with Crippen LogP contribution in [0.1, 0.15) is 23.5 Å². The van der Waals surface area contributed by atoms with E-state index in [1.54, 1.807) is 6.07 Å². The lowest BCUT2D eigenvalue weighted by Crippen LogP contribution is -2.39. The van der Waals surface area contributed by atoms with Crippen LogP contribution in [0, 0.1) is 5.82 Å². The molecule has 0 radical (unpaired) electrons. The van der Waals surface area contributed by atoms with Gasteiger partial charge in [0, 0.05) is 12.5 Å². The third-order valence-corrected chi connectivity index (χ3v) is 4.02. The average molecular weight is 271 g/mol. The van der Waals surface area contributed by atoms with Gasteiger partial charge in [0.25, 0.3) is 0 Å². The fourth-order valence-corrected chi connectivity index (χ4v) is 3.09. The van der Waals surface area contributed by atoms with Crippen LogP contribution in [-0.2, 0) is 0 Å². The van der Waals surface area contributed by atoms with Crippen molar-refractivity contribution >= 4 is 0 Å². The predicted octanol–water partition coefficient (Wildman–Crippen LogP) is 2.68. The van der Waals surface area contributed by atoms with Crippen LogP contribution in [-0.4, -0.2) is 23.8 Å². The Bertz CT molecular complexity index is 579. The van der Waals surface area contributed by atoms with Crippen LogP contribution in [0.4, 0.5) is 4.39 Å². The zero-order valence-corrected chi connectivity index (χ0v) is 11.2. The molecule has 3 heteroatoms. The number of nitrogens with one attached hydrogen (secondary N) is 1. The van der Waals surface area contributed by atoms with Crippen LogP contribution in [0.5, 0.6) is 0 Å². The van der Waals surface area contributed by atoms with Crippen molar-refractivity contribution < 1.29 is 9.50 Å². The van der Waals surface area contributed by atoms with E-state index < -0.39 is 5.60 Å². The van der Waals surface area contributed by atoms with E-state index in [-0.39, 0.29) is 11.7 Å². The number of rotatable bonds is 3. The van der Waals surface area contributed by atoms with Crippen LogP contribution in [0.3, 0.4) is 0 Å². The van der Waals surface area contributed by atoms with Gasteiger partial charge < -0.3 is 10.4 Å². The summed E-state index contributed by atoms with van der Waals surface area (Å²) < 4.78 is 13.6. The number of benzene rings is 2. The normalized spacial score (nSPS) is 23.7. The Hall–Kier alpha value is -1.71. The van der Waals surface area contributed by atoms with E-state index in [9.17, 15) is 9.50 Å². The lowest BCUT2D eigenvalue weighted by atomic mass is 9.77. The highest BCUT2D eigenvalue weighted by Gasteiger charge is 2.41. The van der Waals surface area contributed by atoms with Crippen LogP contribution >= 0.6 is 0 Å². The molecule has 2 aromatic carbocycles. The predicted molar refractivity (Wildman–Crippen MR) is 77.1 cm³/mol. The van der Waals surface area contributed by atoms with Gasteiger partial charge in [-0.05, 0) is 36.2 Å². The van der Waals surface area contributed by atoms with Crippen molar-refractivity contribution in [1.29, 1.82) is 0 Å². The first-order valence-electron chi connectivity index (χ1n) is 6.92. The summed E-state index contributed by atoms with van der Waals surface area (Å²) in [6.07, 6.45) is 0.670. The van der Waals surface area contributed by atoms with Crippen molar-refractivity contribution in [3.8, 4) is 0 Å². The molecule has 3 rings (SSSR count). The Kier molecular flexibility index (Phi) is 3.55. The Labute approximate surface area is 118 Å². The molecule has 0 spiro atoms. The molecule has 2 aromatic rings. The quantitative estimate of drug-likeness (QED) is 0.899. The lowest BCUT2D eigenvalue weighted by Gasteiger charge is -2.33. The molecular formula is C17H18FNO. The summed E-state index contributed by atoms with van der Waals surface area (Å²) in [6.45, 7) is 1.32. The molecule has 2 N–H and O–H groups in total. The third kappa shape index (κ3) is 2.47. The minimum Gasteiger partial charge on any atom is -0.388 e. The van der Waals surface area contributed by atoms with E-state index in [1.165, 1.54) is 12.1 Å². The van der Waals surface area contributed by atoms with Gasteiger partial charge in [-0.25, -0.2) is 4.39 Å².